The Morgan fingerprint density at radius 1 is 0.762 bits per heavy atom. The first-order valence-corrected chi connectivity index (χ1v) is 12.8. The van der Waals surface area contributed by atoms with E-state index in [9.17, 15) is 4.79 Å². The van der Waals surface area contributed by atoms with Crippen molar-refractivity contribution in [2.75, 3.05) is 56.5 Å². The molecule has 0 unspecified atom stereocenters. The molecule has 0 bridgehead atoms. The lowest BCUT2D eigenvalue weighted by molar-refractivity contribution is -0.159. The lowest BCUT2D eigenvalue weighted by Crippen LogP contribution is -2.47. The number of carboxylic acids is 4. The quantitative estimate of drug-likeness (QED) is 0.277. The normalized spacial score (nSPS) is 14.5. The predicted octanol–water partition coefficient (Wildman–Crippen LogP) is 1.43. The highest BCUT2D eigenvalue weighted by Crippen LogP contribution is 2.40. The lowest BCUT2D eigenvalue weighted by atomic mass is 10.1. The number of nitrogens with one attached hydrogen (secondary N) is 1. The van der Waals surface area contributed by atoms with E-state index in [1.54, 1.807) is 0 Å². The maximum Gasteiger partial charge on any atom is 0.414 e. The van der Waals surface area contributed by atoms with Gasteiger partial charge in [-0.2, -0.15) is 0 Å². The average molecular weight is 582 g/mol. The van der Waals surface area contributed by atoms with Gasteiger partial charge in [0.1, 0.15) is 5.82 Å². The average Bonchev–Trinajstić information content (AvgIpc) is 3.39. The number of fused-ring (bicyclic) bond motifs is 2. The van der Waals surface area contributed by atoms with Gasteiger partial charge in [0, 0.05) is 49.4 Å². The summed E-state index contributed by atoms with van der Waals surface area (Å²) < 4.78 is 0. The summed E-state index contributed by atoms with van der Waals surface area (Å²) in [5.41, 5.74) is 4.10. The Hall–Kier alpha value is -5.08. The molecule has 2 aliphatic rings. The number of amides is 1. The van der Waals surface area contributed by atoms with Gasteiger partial charge in [-0.1, -0.05) is 36.4 Å². The van der Waals surface area contributed by atoms with Crippen LogP contribution in [0.25, 0.3) is 10.9 Å². The number of piperazine rings is 1. The number of carboxylic acid groups (broad SMARTS) is 4. The van der Waals surface area contributed by atoms with Gasteiger partial charge in [0.25, 0.3) is 0 Å². The summed E-state index contributed by atoms with van der Waals surface area (Å²) in [7, 11) is 2.13. The molecule has 0 radical (unpaired) electrons. The summed E-state index contributed by atoms with van der Waals surface area (Å²) in [6.45, 7) is 5.17. The number of carbonyl (C=O) groups excluding carboxylic acids is 1. The van der Waals surface area contributed by atoms with Crippen LogP contribution in [0.4, 0.5) is 17.2 Å². The van der Waals surface area contributed by atoms with Gasteiger partial charge in [0.2, 0.25) is 5.91 Å². The lowest BCUT2D eigenvalue weighted by Gasteiger charge is -2.31. The minimum Gasteiger partial charge on any atom is -0.473 e. The summed E-state index contributed by atoms with van der Waals surface area (Å²) in [6.07, 6.45) is 0.867. The van der Waals surface area contributed by atoms with Crippen LogP contribution < -0.4 is 10.2 Å². The van der Waals surface area contributed by atoms with E-state index in [4.69, 9.17) is 44.6 Å². The number of aliphatic carboxylic acids is 4. The van der Waals surface area contributed by atoms with Crippen molar-refractivity contribution in [2.24, 2.45) is 0 Å². The molecule has 3 heterocycles. The second-order valence-electron chi connectivity index (χ2n) is 9.39. The predicted molar refractivity (Wildman–Crippen MR) is 152 cm³/mol. The van der Waals surface area contributed by atoms with E-state index in [2.05, 4.69) is 45.3 Å². The van der Waals surface area contributed by atoms with Crippen molar-refractivity contribution >= 4 is 57.9 Å². The van der Waals surface area contributed by atoms with Crippen molar-refractivity contribution in [3.63, 3.8) is 0 Å². The molecule has 5 rings (SSSR count). The zero-order valence-electron chi connectivity index (χ0n) is 22.8. The molecule has 2 aliphatic heterocycles. The Kier molecular flexibility index (Phi) is 10.9. The summed E-state index contributed by atoms with van der Waals surface area (Å²) >= 11 is 0. The van der Waals surface area contributed by atoms with Gasteiger partial charge >= 0.3 is 23.9 Å². The van der Waals surface area contributed by atoms with Crippen molar-refractivity contribution in [3.05, 3.63) is 60.2 Å². The Morgan fingerprint density at radius 3 is 1.88 bits per heavy atom. The maximum absolute atomic E-state index is 13.0. The number of likely N-dealkylation sites (N-methyl/N-ethyl adjacent to an activating group) is 1. The highest BCUT2D eigenvalue weighted by molar-refractivity contribution is 6.27. The van der Waals surface area contributed by atoms with Crippen LogP contribution in [0.2, 0.25) is 0 Å². The SMILES string of the molecule is CN1CCN(CC(=O)Nc2c3c(nc4ccccc24)N(c2ccccc2)CC3)CC1.O=C(O)C(=O)O.O=C(O)C(=O)O. The van der Waals surface area contributed by atoms with Crippen LogP contribution in [0.5, 0.6) is 0 Å². The fourth-order valence-corrected chi connectivity index (χ4v) is 4.42. The second-order valence-corrected chi connectivity index (χ2v) is 9.39. The van der Waals surface area contributed by atoms with Crippen LogP contribution in [0, 0.1) is 0 Å². The number of pyridine rings is 1. The van der Waals surface area contributed by atoms with Crippen LogP contribution >= 0.6 is 0 Å². The van der Waals surface area contributed by atoms with Gasteiger partial charge < -0.3 is 35.5 Å². The van der Waals surface area contributed by atoms with E-state index < -0.39 is 23.9 Å². The molecule has 222 valence electrons. The monoisotopic (exact) mass is 581 g/mol. The number of hydrogen-bond acceptors (Lipinski definition) is 9. The third-order valence-corrected chi connectivity index (χ3v) is 6.47. The Bertz CT molecular complexity index is 1410. The molecule has 0 saturated carbocycles. The van der Waals surface area contributed by atoms with Crippen molar-refractivity contribution in [2.45, 2.75) is 6.42 Å². The number of nitrogens with zero attached hydrogens (tertiary/aromatic N) is 4. The van der Waals surface area contributed by atoms with Crippen LogP contribution in [-0.2, 0) is 30.4 Å². The zero-order chi connectivity index (χ0) is 30.8. The molecule has 1 amide bonds. The van der Waals surface area contributed by atoms with Crippen LogP contribution in [-0.4, -0.2) is 111 Å². The molecule has 1 saturated heterocycles. The van der Waals surface area contributed by atoms with E-state index in [1.165, 1.54) is 0 Å². The number of hydrogen-bond donors (Lipinski definition) is 5. The van der Waals surface area contributed by atoms with Gasteiger partial charge in [-0.25, -0.2) is 24.2 Å². The summed E-state index contributed by atoms with van der Waals surface area (Å²) in [5.74, 6) is -6.29. The first kappa shape index (κ1) is 31.4. The molecule has 14 heteroatoms. The molecule has 0 spiro atoms. The molecule has 2 aromatic carbocycles. The minimum atomic E-state index is -1.82. The van der Waals surface area contributed by atoms with Crippen molar-refractivity contribution < 1.29 is 44.4 Å². The number of benzene rings is 2. The summed E-state index contributed by atoms with van der Waals surface area (Å²) in [5, 5.41) is 33.8. The van der Waals surface area contributed by atoms with Gasteiger partial charge in [-0.05, 0) is 31.7 Å². The highest BCUT2D eigenvalue weighted by atomic mass is 16.4. The zero-order valence-corrected chi connectivity index (χ0v) is 22.8. The van der Waals surface area contributed by atoms with Crippen molar-refractivity contribution in [1.29, 1.82) is 0 Å². The number of para-hydroxylation sites is 2. The van der Waals surface area contributed by atoms with Gasteiger partial charge in [0.05, 0.1) is 17.7 Å². The first-order chi connectivity index (χ1) is 20.0. The standard InChI is InChI=1S/C24H27N5O.2C2H2O4/c1-27-13-15-28(16-14-27)17-22(30)26-23-19-9-5-6-10-21(19)25-24-20(23)11-12-29(24)18-7-3-2-4-8-18;2*3-1(4)2(5)6/h2-10H,11-17H2,1H3,(H,25,26,30);2*(H,3,4)(H,5,6). The second kappa shape index (κ2) is 14.5. The number of aromatic nitrogens is 1. The molecule has 42 heavy (non-hydrogen) atoms. The molecular weight excluding hydrogens is 550 g/mol. The minimum absolute atomic E-state index is 0.0521. The van der Waals surface area contributed by atoms with Crippen LogP contribution in [0.1, 0.15) is 5.56 Å². The van der Waals surface area contributed by atoms with Crippen LogP contribution in [0.15, 0.2) is 54.6 Å². The van der Waals surface area contributed by atoms with Crippen LogP contribution in [0.3, 0.4) is 0 Å². The molecule has 1 aromatic heterocycles. The van der Waals surface area contributed by atoms with Crippen molar-refractivity contribution in [1.82, 2.24) is 14.8 Å². The molecular formula is C28H31N5O9. The highest BCUT2D eigenvalue weighted by Gasteiger charge is 2.28. The number of rotatable bonds is 4. The third-order valence-electron chi connectivity index (χ3n) is 6.47. The molecule has 3 aromatic rings. The number of carbonyl (C=O) groups is 5. The van der Waals surface area contributed by atoms with E-state index in [-0.39, 0.29) is 5.91 Å². The van der Waals surface area contributed by atoms with Crippen molar-refractivity contribution in [3.8, 4) is 0 Å². The van der Waals surface area contributed by atoms with Gasteiger partial charge in [-0.3, -0.25) is 9.69 Å². The number of anilines is 3. The first-order valence-electron chi connectivity index (χ1n) is 12.8. The van der Waals surface area contributed by atoms with E-state index in [0.29, 0.717) is 6.54 Å². The van der Waals surface area contributed by atoms with E-state index >= 15 is 0 Å². The van der Waals surface area contributed by atoms with Gasteiger partial charge in [0.15, 0.2) is 0 Å². The Morgan fingerprint density at radius 2 is 1.31 bits per heavy atom. The molecule has 1 fully saturated rings. The summed E-state index contributed by atoms with van der Waals surface area (Å²) in [6, 6.07) is 18.4. The molecule has 0 aliphatic carbocycles. The Balaban J connectivity index is 0.000000342. The fourth-order valence-electron chi connectivity index (χ4n) is 4.42. The maximum atomic E-state index is 13.0. The smallest absolute Gasteiger partial charge is 0.414 e. The fraction of sp³-hybridized carbons (Fsp3) is 0.286. The topological polar surface area (TPSA) is 201 Å². The molecule has 14 nitrogen and oxygen atoms in total. The van der Waals surface area contributed by atoms with E-state index in [0.717, 1.165) is 72.8 Å². The molecule has 0 atom stereocenters. The van der Waals surface area contributed by atoms with Gasteiger partial charge in [-0.15, -0.1) is 0 Å². The Labute approximate surface area is 240 Å². The van der Waals surface area contributed by atoms with E-state index in [1.807, 2.05) is 36.4 Å². The third kappa shape index (κ3) is 8.46. The summed E-state index contributed by atoms with van der Waals surface area (Å²) in [4.78, 5) is 61.1. The largest absolute Gasteiger partial charge is 0.473 e. The molecule has 5 N–H and O–H groups in total.